The van der Waals surface area contributed by atoms with E-state index < -0.39 is 12.0 Å². The second kappa shape index (κ2) is 3.81. The predicted octanol–water partition coefficient (Wildman–Crippen LogP) is 2.99. The number of carbonyl (C=O) groups is 1. The van der Waals surface area contributed by atoms with E-state index in [9.17, 15) is 9.18 Å². The quantitative estimate of drug-likeness (QED) is 0.715. The minimum atomic E-state index is -1.43. The molecule has 1 unspecified atom stereocenters. The summed E-state index contributed by atoms with van der Waals surface area (Å²) < 4.78 is 13.3. The highest BCUT2D eigenvalue weighted by Crippen LogP contribution is 2.13. The van der Waals surface area contributed by atoms with Crippen molar-refractivity contribution in [2.75, 3.05) is 0 Å². The molecule has 1 aromatic rings. The number of hydrogen-bond donors (Lipinski definition) is 0. The van der Waals surface area contributed by atoms with E-state index >= 15 is 0 Å². The van der Waals surface area contributed by atoms with Gasteiger partial charge in [0.15, 0.2) is 12.0 Å². The average molecular weight is 231 g/mol. The lowest BCUT2D eigenvalue weighted by molar-refractivity contribution is 0.0893. The molecule has 0 aliphatic heterocycles. The van der Waals surface area contributed by atoms with Crippen LogP contribution in [-0.2, 0) is 0 Å². The molecular weight excluding hydrogens is 223 g/mol. The van der Waals surface area contributed by atoms with Gasteiger partial charge >= 0.3 is 0 Å². The molecule has 0 aliphatic carbocycles. The van der Waals surface area contributed by atoms with Gasteiger partial charge in [-0.25, -0.2) is 4.39 Å². The summed E-state index contributed by atoms with van der Waals surface area (Å²) in [7, 11) is 0. The first-order valence-corrected chi connectivity index (χ1v) is 4.34. The lowest BCUT2D eigenvalue weighted by Gasteiger charge is -2.00. The van der Waals surface area contributed by atoms with Crippen LogP contribution in [0.4, 0.5) is 4.39 Å². The van der Waals surface area contributed by atoms with Gasteiger partial charge in [0.25, 0.3) is 0 Å². The normalized spacial score (nSPS) is 12.6. The molecule has 0 fully saturated rings. The molecule has 1 nitrogen and oxygen atoms in total. The lowest BCUT2D eigenvalue weighted by atomic mass is 10.1. The number of benzene rings is 1. The Morgan fingerprint density at radius 3 is 2.75 bits per heavy atom. The van der Waals surface area contributed by atoms with Gasteiger partial charge < -0.3 is 0 Å². The molecule has 0 saturated heterocycles. The summed E-state index contributed by atoms with van der Waals surface area (Å²) in [6, 6.07) is 6.71. The van der Waals surface area contributed by atoms with Crippen molar-refractivity contribution in [3.63, 3.8) is 0 Å². The summed E-state index contributed by atoms with van der Waals surface area (Å²) in [5.41, 5.74) is 0.402. The highest BCUT2D eigenvalue weighted by molar-refractivity contribution is 9.10. The van der Waals surface area contributed by atoms with E-state index in [-0.39, 0.29) is 0 Å². The maximum atomic E-state index is 12.5. The Bertz CT molecular complexity index is 296. The van der Waals surface area contributed by atoms with E-state index in [0.717, 1.165) is 4.47 Å². The van der Waals surface area contributed by atoms with Crippen molar-refractivity contribution in [2.24, 2.45) is 0 Å². The molecule has 1 atom stereocenters. The van der Waals surface area contributed by atoms with E-state index in [1.807, 2.05) is 0 Å². The second-order valence-electron chi connectivity index (χ2n) is 2.49. The van der Waals surface area contributed by atoms with Crippen LogP contribution < -0.4 is 0 Å². The van der Waals surface area contributed by atoms with E-state index in [0.29, 0.717) is 5.56 Å². The van der Waals surface area contributed by atoms with Crippen molar-refractivity contribution in [1.82, 2.24) is 0 Å². The molecular formula is C9H8BrFO. The van der Waals surface area contributed by atoms with Crippen molar-refractivity contribution in [3.8, 4) is 0 Å². The Balaban J connectivity index is 2.96. The predicted molar refractivity (Wildman–Crippen MR) is 49.0 cm³/mol. The summed E-state index contributed by atoms with van der Waals surface area (Å²) in [4.78, 5) is 11.1. The molecule has 0 spiro atoms. The van der Waals surface area contributed by atoms with Crippen molar-refractivity contribution in [1.29, 1.82) is 0 Å². The number of Topliss-reactive ketones (excluding diaryl/α,β-unsaturated/α-hetero) is 1. The van der Waals surface area contributed by atoms with Crippen LogP contribution in [0.15, 0.2) is 28.7 Å². The second-order valence-corrected chi connectivity index (χ2v) is 3.41. The number of rotatable bonds is 2. The van der Waals surface area contributed by atoms with E-state index in [1.165, 1.54) is 6.92 Å². The van der Waals surface area contributed by atoms with Crippen molar-refractivity contribution >= 4 is 21.7 Å². The molecule has 0 aromatic heterocycles. The zero-order valence-corrected chi connectivity index (χ0v) is 8.14. The first-order valence-electron chi connectivity index (χ1n) is 3.55. The van der Waals surface area contributed by atoms with E-state index in [4.69, 9.17) is 0 Å². The minimum Gasteiger partial charge on any atom is -0.291 e. The van der Waals surface area contributed by atoms with E-state index in [1.54, 1.807) is 24.3 Å². The molecule has 64 valence electrons. The SMILES string of the molecule is CC(F)C(=O)c1cccc(Br)c1. The summed E-state index contributed by atoms with van der Waals surface area (Å²) in [6.45, 7) is 1.24. The number of ketones is 1. The standard InChI is InChI=1S/C9H8BrFO/c1-6(11)9(12)7-3-2-4-8(10)5-7/h2-6H,1H3. The molecule has 0 amide bonds. The number of carbonyl (C=O) groups excluding carboxylic acids is 1. The molecule has 0 bridgehead atoms. The molecule has 0 saturated carbocycles. The third-order valence-corrected chi connectivity index (χ3v) is 1.96. The van der Waals surface area contributed by atoms with Crippen LogP contribution in [-0.4, -0.2) is 12.0 Å². The Hall–Kier alpha value is -0.700. The van der Waals surface area contributed by atoms with Gasteiger partial charge in [-0.3, -0.25) is 4.79 Å². The van der Waals surface area contributed by atoms with Crippen LogP contribution >= 0.6 is 15.9 Å². The summed E-state index contributed by atoms with van der Waals surface area (Å²) in [5, 5.41) is 0. The zero-order chi connectivity index (χ0) is 9.14. The highest BCUT2D eigenvalue weighted by atomic mass is 79.9. The summed E-state index contributed by atoms with van der Waals surface area (Å²) in [5.74, 6) is -0.476. The molecule has 0 aliphatic rings. The Labute approximate surface area is 78.7 Å². The van der Waals surface area contributed by atoms with Crippen LogP contribution in [0.5, 0.6) is 0 Å². The largest absolute Gasteiger partial charge is 0.291 e. The van der Waals surface area contributed by atoms with Gasteiger partial charge in [0.1, 0.15) is 0 Å². The van der Waals surface area contributed by atoms with Gasteiger partial charge in [0.2, 0.25) is 0 Å². The molecule has 0 radical (unpaired) electrons. The number of alkyl halides is 1. The van der Waals surface area contributed by atoms with Crippen LogP contribution in [0.3, 0.4) is 0 Å². The zero-order valence-electron chi connectivity index (χ0n) is 6.55. The molecule has 0 N–H and O–H groups in total. The van der Waals surface area contributed by atoms with Gasteiger partial charge in [-0.05, 0) is 19.1 Å². The summed E-state index contributed by atoms with van der Waals surface area (Å²) in [6.07, 6.45) is -1.43. The van der Waals surface area contributed by atoms with Crippen molar-refractivity contribution in [2.45, 2.75) is 13.1 Å². The number of hydrogen-bond acceptors (Lipinski definition) is 1. The number of halogens is 2. The summed E-state index contributed by atoms with van der Waals surface area (Å²) >= 11 is 3.20. The molecule has 0 heterocycles. The molecule has 12 heavy (non-hydrogen) atoms. The van der Waals surface area contributed by atoms with Crippen molar-refractivity contribution < 1.29 is 9.18 Å². The van der Waals surface area contributed by atoms with Crippen LogP contribution in [0.1, 0.15) is 17.3 Å². The monoisotopic (exact) mass is 230 g/mol. The van der Waals surface area contributed by atoms with Gasteiger partial charge in [0, 0.05) is 10.0 Å². The topological polar surface area (TPSA) is 17.1 Å². The lowest BCUT2D eigenvalue weighted by Crippen LogP contribution is -2.11. The first kappa shape index (κ1) is 9.39. The van der Waals surface area contributed by atoms with E-state index in [2.05, 4.69) is 15.9 Å². The van der Waals surface area contributed by atoms with Crippen molar-refractivity contribution in [3.05, 3.63) is 34.3 Å². The molecule has 1 aromatic carbocycles. The van der Waals surface area contributed by atoms with Gasteiger partial charge in [-0.15, -0.1) is 0 Å². The van der Waals surface area contributed by atoms with Crippen LogP contribution in [0.2, 0.25) is 0 Å². The smallest absolute Gasteiger partial charge is 0.196 e. The molecule has 3 heteroatoms. The fourth-order valence-corrected chi connectivity index (χ4v) is 1.27. The fraction of sp³-hybridized carbons (Fsp3) is 0.222. The Morgan fingerprint density at radius 2 is 2.25 bits per heavy atom. The fourth-order valence-electron chi connectivity index (χ4n) is 0.871. The van der Waals surface area contributed by atoms with Gasteiger partial charge in [-0.2, -0.15) is 0 Å². The first-order chi connectivity index (χ1) is 5.61. The Kier molecular flexibility index (Phi) is 2.98. The highest BCUT2D eigenvalue weighted by Gasteiger charge is 2.13. The maximum absolute atomic E-state index is 12.5. The maximum Gasteiger partial charge on any atom is 0.196 e. The third kappa shape index (κ3) is 2.14. The van der Waals surface area contributed by atoms with Gasteiger partial charge in [-0.1, -0.05) is 28.1 Å². The molecule has 1 rings (SSSR count). The van der Waals surface area contributed by atoms with Crippen LogP contribution in [0.25, 0.3) is 0 Å². The third-order valence-electron chi connectivity index (χ3n) is 1.47. The Morgan fingerprint density at radius 1 is 1.58 bits per heavy atom. The minimum absolute atomic E-state index is 0.402. The van der Waals surface area contributed by atoms with Crippen LogP contribution in [0, 0.1) is 0 Å². The van der Waals surface area contributed by atoms with Gasteiger partial charge in [0.05, 0.1) is 0 Å². The average Bonchev–Trinajstić information content (AvgIpc) is 2.03.